The largest absolute Gasteiger partial charge is 0.134 e. The van der Waals surface area contributed by atoms with Gasteiger partial charge in [-0.25, -0.2) is 0 Å². The first-order valence-corrected chi connectivity index (χ1v) is 5.76. The molecule has 0 aliphatic heterocycles. The molecule has 0 atom stereocenters. The summed E-state index contributed by atoms with van der Waals surface area (Å²) in [6.07, 6.45) is 4.80. The Hall–Kier alpha value is -0.620. The third-order valence-electron chi connectivity index (χ3n) is 2.34. The van der Waals surface area contributed by atoms with Crippen LogP contribution in [-0.4, -0.2) is 0 Å². The molecule has 0 radical (unpaired) electrons. The molecule has 0 aromatic heterocycles. The maximum atomic E-state index is 5.98. The molecule has 0 N–H and O–H groups in total. The Morgan fingerprint density at radius 3 is 2.29 bits per heavy atom. The van der Waals surface area contributed by atoms with Crippen LogP contribution in [0.3, 0.4) is 0 Å². The molecule has 0 spiro atoms. The summed E-state index contributed by atoms with van der Waals surface area (Å²) >= 11 is 5.98. The van der Waals surface area contributed by atoms with Crippen LogP contribution in [0.5, 0.6) is 0 Å². The van der Waals surface area contributed by atoms with Crippen LogP contribution < -0.4 is 0 Å². The van der Waals surface area contributed by atoms with E-state index in [1.54, 1.807) is 0 Å². The molecule has 0 fully saturated rings. The van der Waals surface area contributed by atoms with E-state index in [-0.39, 0.29) is 0 Å². The summed E-state index contributed by atoms with van der Waals surface area (Å²) < 4.78 is 0. The van der Waals surface area contributed by atoms with Crippen LogP contribution in [0.25, 0.3) is 0 Å². The van der Waals surface area contributed by atoms with Gasteiger partial charge in [-0.2, -0.15) is 0 Å². The highest BCUT2D eigenvalue weighted by Crippen LogP contribution is 2.26. The van der Waals surface area contributed by atoms with Gasteiger partial charge < -0.3 is 0 Å². The maximum Gasteiger partial charge on any atom is 0.134 e. The van der Waals surface area contributed by atoms with Crippen molar-refractivity contribution in [3.63, 3.8) is 0 Å². The van der Waals surface area contributed by atoms with Crippen LogP contribution in [0.2, 0.25) is 5.02 Å². The average molecular weight is 210 g/mol. The summed E-state index contributed by atoms with van der Waals surface area (Å²) in [6, 6.07) is 8.19. The average Bonchev–Trinajstić information content (AvgIpc) is 2.17. The lowest BCUT2D eigenvalue weighted by Crippen LogP contribution is -1.99. The Kier molecular flexibility index (Phi) is 4.89. The Balaban J connectivity index is 2.75. The molecule has 1 aromatic rings. The van der Waals surface area contributed by atoms with Gasteiger partial charge in [-0.1, -0.05) is 25.4 Å². The molecule has 0 saturated heterocycles. The zero-order valence-electron chi connectivity index (χ0n) is 9.02. The zero-order valence-corrected chi connectivity index (χ0v) is 9.77. The third-order valence-corrected chi connectivity index (χ3v) is 2.57. The number of hydrogen-bond acceptors (Lipinski definition) is 0. The van der Waals surface area contributed by atoms with Gasteiger partial charge in [0.05, 0.1) is 11.1 Å². The van der Waals surface area contributed by atoms with E-state index >= 15 is 0 Å². The molecule has 14 heavy (non-hydrogen) atoms. The first kappa shape index (κ1) is 11.5. The topological polar surface area (TPSA) is 0 Å². The van der Waals surface area contributed by atoms with E-state index in [0.29, 0.717) is 0 Å². The molecule has 0 unspecified atom stereocenters. The van der Waals surface area contributed by atoms with Gasteiger partial charge in [-0.15, -0.1) is 0 Å². The Labute approximate surface area is 92.3 Å². The number of rotatable bonds is 5. The second-order valence-corrected chi connectivity index (χ2v) is 4.05. The minimum absolute atomic E-state index is 0.840. The summed E-state index contributed by atoms with van der Waals surface area (Å²) in [6.45, 7) is 4.44. The number of benzene rings is 1. The molecule has 76 valence electrons. The van der Waals surface area contributed by atoms with Crippen molar-refractivity contribution < 1.29 is 0 Å². The lowest BCUT2D eigenvalue weighted by atomic mass is 9.90. The van der Waals surface area contributed by atoms with Crippen molar-refractivity contribution in [1.29, 1.82) is 0 Å². The molecule has 0 aliphatic carbocycles. The van der Waals surface area contributed by atoms with Gasteiger partial charge in [0.2, 0.25) is 0 Å². The molecule has 0 amide bonds. The van der Waals surface area contributed by atoms with Crippen LogP contribution in [0.1, 0.15) is 45.1 Å². The fraction of sp³-hybridized carbons (Fsp3) is 0.462. The smallest absolute Gasteiger partial charge is 0.0682 e. The van der Waals surface area contributed by atoms with Crippen molar-refractivity contribution in [2.45, 2.75) is 39.5 Å². The summed E-state index contributed by atoms with van der Waals surface area (Å²) in [5.74, 6) is 1.54. The quantitative estimate of drug-likeness (QED) is 0.608. The van der Waals surface area contributed by atoms with Crippen molar-refractivity contribution in [3.05, 3.63) is 40.8 Å². The maximum absolute atomic E-state index is 5.98. The van der Waals surface area contributed by atoms with Crippen molar-refractivity contribution in [2.75, 3.05) is 0 Å². The standard InChI is InChI=1S/C13H18Cl/c1-3-6-11(7-4-2)12-8-5-9-13(14)10-12/h5,8-10H,3-4,6-7H2,1-2H3/q+1. The highest BCUT2D eigenvalue weighted by atomic mass is 35.5. The third kappa shape index (κ3) is 3.26. The van der Waals surface area contributed by atoms with Crippen molar-refractivity contribution in [1.82, 2.24) is 0 Å². The molecule has 1 rings (SSSR count). The minimum Gasteiger partial charge on any atom is -0.0682 e. The molecule has 1 heteroatoms. The van der Waals surface area contributed by atoms with E-state index < -0.39 is 0 Å². The second kappa shape index (κ2) is 5.98. The Morgan fingerprint density at radius 2 is 1.79 bits per heavy atom. The van der Waals surface area contributed by atoms with E-state index in [1.807, 2.05) is 12.1 Å². The highest BCUT2D eigenvalue weighted by Gasteiger charge is 2.17. The van der Waals surface area contributed by atoms with Crippen LogP contribution in [0, 0.1) is 5.92 Å². The zero-order chi connectivity index (χ0) is 10.4. The van der Waals surface area contributed by atoms with Crippen molar-refractivity contribution >= 4 is 11.6 Å². The van der Waals surface area contributed by atoms with Crippen LogP contribution in [0.15, 0.2) is 24.3 Å². The predicted molar refractivity (Wildman–Crippen MR) is 63.6 cm³/mol. The van der Waals surface area contributed by atoms with E-state index in [2.05, 4.69) is 26.0 Å². The Bertz CT molecular complexity index is 262. The molecule has 0 saturated carbocycles. The minimum atomic E-state index is 0.840. The van der Waals surface area contributed by atoms with E-state index in [0.717, 1.165) is 5.02 Å². The summed E-state index contributed by atoms with van der Waals surface area (Å²) in [5.41, 5.74) is 1.32. The van der Waals surface area contributed by atoms with Gasteiger partial charge in [0.1, 0.15) is 5.56 Å². The molecule has 0 heterocycles. The van der Waals surface area contributed by atoms with Gasteiger partial charge in [0.25, 0.3) is 0 Å². The molecule has 0 aliphatic rings. The number of halogens is 1. The fourth-order valence-corrected chi connectivity index (χ4v) is 1.92. The first-order chi connectivity index (χ1) is 6.77. The normalized spacial score (nSPS) is 10.2. The summed E-state index contributed by atoms with van der Waals surface area (Å²) in [7, 11) is 0. The van der Waals surface area contributed by atoms with Crippen LogP contribution >= 0.6 is 11.6 Å². The molecule has 0 bridgehead atoms. The van der Waals surface area contributed by atoms with Crippen molar-refractivity contribution in [3.8, 4) is 0 Å². The second-order valence-electron chi connectivity index (χ2n) is 3.61. The van der Waals surface area contributed by atoms with Gasteiger partial charge >= 0.3 is 0 Å². The lowest BCUT2D eigenvalue weighted by molar-refractivity contribution is 0.721. The summed E-state index contributed by atoms with van der Waals surface area (Å²) in [4.78, 5) is 0. The van der Waals surface area contributed by atoms with Gasteiger partial charge in [0, 0.05) is 24.8 Å². The Morgan fingerprint density at radius 1 is 1.14 bits per heavy atom. The summed E-state index contributed by atoms with van der Waals surface area (Å²) in [5, 5.41) is 0.840. The molecule has 0 nitrogen and oxygen atoms in total. The molecular weight excluding hydrogens is 192 g/mol. The van der Waals surface area contributed by atoms with Gasteiger partial charge in [0.15, 0.2) is 0 Å². The predicted octanol–water partition coefficient (Wildman–Crippen LogP) is 4.86. The lowest BCUT2D eigenvalue weighted by Gasteiger charge is -2.08. The fourth-order valence-electron chi connectivity index (χ4n) is 1.73. The van der Waals surface area contributed by atoms with Gasteiger partial charge in [-0.3, -0.25) is 0 Å². The SMILES string of the molecule is CCC[C+](CCC)c1cccc(Cl)c1. The van der Waals surface area contributed by atoms with Crippen molar-refractivity contribution in [2.24, 2.45) is 0 Å². The highest BCUT2D eigenvalue weighted by molar-refractivity contribution is 6.30. The van der Waals surface area contributed by atoms with Crippen LogP contribution in [-0.2, 0) is 0 Å². The monoisotopic (exact) mass is 209 g/mol. The van der Waals surface area contributed by atoms with Crippen LogP contribution in [0.4, 0.5) is 0 Å². The molecule has 1 aromatic carbocycles. The van der Waals surface area contributed by atoms with E-state index in [1.165, 1.54) is 37.2 Å². The van der Waals surface area contributed by atoms with E-state index in [4.69, 9.17) is 11.6 Å². The number of hydrogen-bond donors (Lipinski definition) is 0. The van der Waals surface area contributed by atoms with E-state index in [9.17, 15) is 0 Å². The molecular formula is C13H18Cl+. The first-order valence-electron chi connectivity index (χ1n) is 5.38. The van der Waals surface area contributed by atoms with Gasteiger partial charge in [-0.05, 0) is 25.0 Å².